The van der Waals surface area contributed by atoms with Gasteiger partial charge in [0.15, 0.2) is 0 Å². The number of carbonyl (C=O) groups is 2. The molecule has 0 aromatic carbocycles. The lowest BCUT2D eigenvalue weighted by molar-refractivity contribution is -0.125. The van der Waals surface area contributed by atoms with E-state index < -0.39 is 0 Å². The Labute approximate surface area is 52.6 Å². The fourth-order valence-corrected chi connectivity index (χ4v) is 0.787. The Hall–Kier alpha value is -0.900. The van der Waals surface area contributed by atoms with Crippen molar-refractivity contribution in [1.82, 2.24) is 10.6 Å². The van der Waals surface area contributed by atoms with Gasteiger partial charge in [-0.05, 0) is 7.05 Å². The van der Waals surface area contributed by atoms with Gasteiger partial charge in [0.1, 0.15) is 0 Å². The van der Waals surface area contributed by atoms with E-state index in [0.717, 1.165) is 0 Å². The first-order valence-electron chi connectivity index (χ1n) is 2.75. The monoisotopic (exact) mass is 128 g/mol. The van der Waals surface area contributed by atoms with Crippen molar-refractivity contribution >= 4 is 11.8 Å². The van der Waals surface area contributed by atoms with Crippen LogP contribution in [0.2, 0.25) is 0 Å². The van der Waals surface area contributed by atoms with Crippen molar-refractivity contribution in [2.24, 2.45) is 0 Å². The lowest BCUT2D eigenvalue weighted by Gasteiger charge is -1.99. The second kappa shape index (κ2) is 2.14. The first-order chi connectivity index (χ1) is 4.24. The minimum atomic E-state index is -0.308. The van der Waals surface area contributed by atoms with E-state index in [0.29, 0.717) is 0 Å². The molecule has 0 aromatic heterocycles. The van der Waals surface area contributed by atoms with Gasteiger partial charge in [-0.25, -0.2) is 0 Å². The van der Waals surface area contributed by atoms with Crippen molar-refractivity contribution in [3.63, 3.8) is 0 Å². The Kier molecular flexibility index (Phi) is 1.48. The highest BCUT2D eigenvalue weighted by Gasteiger charge is 2.28. The van der Waals surface area contributed by atoms with Crippen LogP contribution in [0, 0.1) is 0 Å². The van der Waals surface area contributed by atoms with Gasteiger partial charge in [-0.3, -0.25) is 14.9 Å². The lowest BCUT2D eigenvalue weighted by Crippen LogP contribution is -2.33. The highest BCUT2D eigenvalue weighted by Crippen LogP contribution is 1.98. The van der Waals surface area contributed by atoms with Crippen LogP contribution in [0.25, 0.3) is 0 Å². The van der Waals surface area contributed by atoms with Crippen molar-refractivity contribution in [3.05, 3.63) is 0 Å². The highest BCUT2D eigenvalue weighted by atomic mass is 16.2. The summed E-state index contributed by atoms with van der Waals surface area (Å²) in [5, 5.41) is 4.89. The molecule has 0 bridgehead atoms. The van der Waals surface area contributed by atoms with Crippen molar-refractivity contribution < 1.29 is 9.59 Å². The van der Waals surface area contributed by atoms with E-state index in [-0.39, 0.29) is 24.3 Å². The first-order valence-corrected chi connectivity index (χ1v) is 2.75. The minimum absolute atomic E-state index is 0.195. The number of carbonyl (C=O) groups excluding carboxylic acids is 2. The maximum atomic E-state index is 10.6. The van der Waals surface area contributed by atoms with Crippen molar-refractivity contribution in [2.45, 2.75) is 12.5 Å². The molecule has 1 aliphatic rings. The predicted molar refractivity (Wildman–Crippen MR) is 30.6 cm³/mol. The molecule has 1 aliphatic heterocycles. The second-order valence-corrected chi connectivity index (χ2v) is 1.96. The summed E-state index contributed by atoms with van der Waals surface area (Å²) in [5.74, 6) is -0.415. The van der Waals surface area contributed by atoms with Crippen molar-refractivity contribution in [3.8, 4) is 0 Å². The number of amides is 2. The van der Waals surface area contributed by atoms with Crippen LogP contribution in [0.3, 0.4) is 0 Å². The lowest BCUT2D eigenvalue weighted by atomic mass is 10.2. The zero-order valence-corrected chi connectivity index (χ0v) is 5.10. The summed E-state index contributed by atoms with van der Waals surface area (Å²) in [7, 11) is 1.66. The van der Waals surface area contributed by atoms with Crippen LogP contribution in [-0.4, -0.2) is 24.9 Å². The number of imide groups is 1. The van der Waals surface area contributed by atoms with Gasteiger partial charge in [0.05, 0.1) is 12.5 Å². The number of hydrogen-bond donors (Lipinski definition) is 2. The molecule has 1 fully saturated rings. The van der Waals surface area contributed by atoms with Gasteiger partial charge >= 0.3 is 0 Å². The molecule has 4 nitrogen and oxygen atoms in total. The maximum Gasteiger partial charge on any atom is 0.244 e. The van der Waals surface area contributed by atoms with Crippen LogP contribution in [0.5, 0.6) is 0 Å². The molecule has 0 aromatic rings. The average molecular weight is 128 g/mol. The Balaban J connectivity index is 2.58. The van der Waals surface area contributed by atoms with Gasteiger partial charge in [-0.1, -0.05) is 0 Å². The zero-order valence-electron chi connectivity index (χ0n) is 5.10. The number of nitrogens with one attached hydrogen (secondary N) is 2. The minimum Gasteiger partial charge on any atom is -0.309 e. The van der Waals surface area contributed by atoms with Crippen LogP contribution in [0.15, 0.2) is 0 Å². The molecule has 0 spiro atoms. The third-order valence-electron chi connectivity index (χ3n) is 1.32. The molecule has 50 valence electrons. The normalized spacial score (nSPS) is 26.6. The second-order valence-electron chi connectivity index (χ2n) is 1.96. The van der Waals surface area contributed by atoms with Crippen molar-refractivity contribution in [1.29, 1.82) is 0 Å². The maximum absolute atomic E-state index is 10.6. The molecule has 1 atom stereocenters. The van der Waals surface area contributed by atoms with E-state index in [2.05, 4.69) is 10.6 Å². The molecule has 2 amide bonds. The Morgan fingerprint density at radius 3 is 2.56 bits per heavy atom. The van der Waals surface area contributed by atoms with E-state index in [4.69, 9.17) is 0 Å². The predicted octanol–water partition coefficient (Wildman–Crippen LogP) is -1.38. The molecule has 0 aliphatic carbocycles. The van der Waals surface area contributed by atoms with Gasteiger partial charge in [0.2, 0.25) is 11.8 Å². The van der Waals surface area contributed by atoms with Crippen LogP contribution < -0.4 is 10.6 Å². The van der Waals surface area contributed by atoms with Gasteiger partial charge in [-0.2, -0.15) is 0 Å². The molecule has 1 saturated heterocycles. The molecule has 2 N–H and O–H groups in total. The molecule has 0 unspecified atom stereocenters. The van der Waals surface area contributed by atoms with Crippen LogP contribution >= 0.6 is 0 Å². The summed E-state index contributed by atoms with van der Waals surface area (Å²) in [4.78, 5) is 21.1. The molecule has 9 heavy (non-hydrogen) atoms. The number of hydrogen-bond acceptors (Lipinski definition) is 3. The van der Waals surface area contributed by atoms with E-state index in [9.17, 15) is 9.59 Å². The van der Waals surface area contributed by atoms with E-state index in [1.54, 1.807) is 7.05 Å². The SMILES string of the molecule is CN[C@H]1CC(=O)NC1=O. The van der Waals surface area contributed by atoms with Crippen LogP contribution in [0.1, 0.15) is 6.42 Å². The highest BCUT2D eigenvalue weighted by molar-refractivity contribution is 6.05. The summed E-state index contributed by atoms with van der Waals surface area (Å²) in [6.07, 6.45) is 0.273. The molecule has 1 heterocycles. The molecule has 0 radical (unpaired) electrons. The summed E-state index contributed by atoms with van der Waals surface area (Å²) in [5.41, 5.74) is 0. The summed E-state index contributed by atoms with van der Waals surface area (Å²) < 4.78 is 0. The number of likely N-dealkylation sites (N-methyl/N-ethyl adjacent to an activating group) is 1. The fourth-order valence-electron chi connectivity index (χ4n) is 0.787. The molecule has 4 heteroatoms. The van der Waals surface area contributed by atoms with E-state index in [1.807, 2.05) is 0 Å². The first kappa shape index (κ1) is 6.22. The Bertz CT molecular complexity index is 155. The molecule has 0 saturated carbocycles. The Morgan fingerprint density at radius 2 is 2.33 bits per heavy atom. The van der Waals surface area contributed by atoms with Crippen molar-refractivity contribution in [2.75, 3.05) is 7.05 Å². The fraction of sp³-hybridized carbons (Fsp3) is 0.600. The number of rotatable bonds is 1. The Morgan fingerprint density at radius 1 is 1.67 bits per heavy atom. The van der Waals surface area contributed by atoms with Crippen LogP contribution in [0.4, 0.5) is 0 Å². The van der Waals surface area contributed by atoms with Gasteiger partial charge in [-0.15, -0.1) is 0 Å². The summed E-state index contributed by atoms with van der Waals surface area (Å²) in [6.45, 7) is 0. The zero-order chi connectivity index (χ0) is 6.85. The summed E-state index contributed by atoms with van der Waals surface area (Å²) in [6, 6.07) is -0.308. The third kappa shape index (κ3) is 1.08. The van der Waals surface area contributed by atoms with Crippen LogP contribution in [-0.2, 0) is 9.59 Å². The quantitative estimate of drug-likeness (QED) is 0.428. The van der Waals surface area contributed by atoms with Gasteiger partial charge in [0, 0.05) is 0 Å². The van der Waals surface area contributed by atoms with Gasteiger partial charge in [0.25, 0.3) is 0 Å². The molecule has 1 rings (SSSR count). The molecular weight excluding hydrogens is 120 g/mol. The molecular formula is C5H8N2O2. The average Bonchev–Trinajstić information content (AvgIpc) is 2.10. The van der Waals surface area contributed by atoms with Gasteiger partial charge < -0.3 is 5.32 Å². The standard InChI is InChI=1S/C5H8N2O2/c1-6-3-2-4(8)7-5(3)9/h3,6H,2H2,1H3,(H,7,8,9)/t3-/m0/s1. The third-order valence-corrected chi connectivity index (χ3v) is 1.32. The topological polar surface area (TPSA) is 58.2 Å². The smallest absolute Gasteiger partial charge is 0.244 e. The largest absolute Gasteiger partial charge is 0.309 e. The summed E-state index contributed by atoms with van der Waals surface area (Å²) >= 11 is 0. The van der Waals surface area contributed by atoms with E-state index in [1.165, 1.54) is 0 Å². The van der Waals surface area contributed by atoms with E-state index >= 15 is 0 Å².